The van der Waals surface area contributed by atoms with Gasteiger partial charge in [-0.25, -0.2) is 4.68 Å². The lowest BCUT2D eigenvalue weighted by Gasteiger charge is -2.23. The molecule has 1 saturated heterocycles. The van der Waals surface area contributed by atoms with Gasteiger partial charge in [0.15, 0.2) is 0 Å². The molecule has 2 heterocycles. The molecule has 0 N–H and O–H groups in total. The number of thioether (sulfide) groups is 1. The highest BCUT2D eigenvalue weighted by Gasteiger charge is 2.36. The Bertz CT molecular complexity index is 1500. The summed E-state index contributed by atoms with van der Waals surface area (Å²) < 4.78 is 8.29. The van der Waals surface area contributed by atoms with E-state index in [2.05, 4.69) is 13.0 Å². The number of hydrogen-bond acceptors (Lipinski definition) is 5. The Hall–Kier alpha value is -3.68. The summed E-state index contributed by atoms with van der Waals surface area (Å²) in [4.78, 5) is 15.9. The number of aryl methyl sites for hydroxylation is 1. The standard InChI is InChI=1S/C31H29N3O2S2/c1-4-17-36-27-16-15-24(18-21(27)2)29-25(20-33(32-29)26-13-9-6-10-14-26)19-28-30(35)34(31(37)38-28)22(3)23-11-7-5-8-12-23/h5-16,18-20,22H,4,17H2,1-3H3/b28-19-. The number of nitrogens with zero attached hydrogens (tertiary/aromatic N) is 3. The molecule has 0 spiro atoms. The van der Waals surface area contributed by atoms with Crippen molar-refractivity contribution in [3.8, 4) is 22.7 Å². The summed E-state index contributed by atoms with van der Waals surface area (Å²) in [6.45, 7) is 6.82. The molecule has 0 radical (unpaired) electrons. The van der Waals surface area contributed by atoms with Crippen molar-refractivity contribution in [2.75, 3.05) is 6.61 Å². The van der Waals surface area contributed by atoms with Crippen LogP contribution < -0.4 is 4.74 Å². The molecule has 7 heteroatoms. The summed E-state index contributed by atoms with van der Waals surface area (Å²) in [5.74, 6) is 0.782. The maximum absolute atomic E-state index is 13.6. The Kier molecular flexibility index (Phi) is 7.77. The summed E-state index contributed by atoms with van der Waals surface area (Å²) in [5, 5.41) is 4.94. The number of carbonyl (C=O) groups excluding carboxylic acids is 1. The molecular weight excluding hydrogens is 510 g/mol. The smallest absolute Gasteiger partial charge is 0.266 e. The van der Waals surface area contributed by atoms with Crippen molar-refractivity contribution in [1.29, 1.82) is 0 Å². The summed E-state index contributed by atoms with van der Waals surface area (Å²) in [5.41, 5.74) is 5.63. The Labute approximate surface area is 233 Å². The Morgan fingerprint density at radius 1 is 1.05 bits per heavy atom. The minimum absolute atomic E-state index is 0.0886. The third-order valence-corrected chi connectivity index (χ3v) is 7.78. The molecule has 1 amide bonds. The van der Waals surface area contributed by atoms with Crippen LogP contribution in [0.25, 0.3) is 23.0 Å². The van der Waals surface area contributed by atoms with Crippen LogP contribution in [0.3, 0.4) is 0 Å². The van der Waals surface area contributed by atoms with Gasteiger partial charge >= 0.3 is 0 Å². The maximum atomic E-state index is 13.6. The summed E-state index contributed by atoms with van der Waals surface area (Å²) in [6.07, 6.45) is 4.83. The molecule has 0 bridgehead atoms. The third kappa shape index (κ3) is 5.30. The first-order valence-electron chi connectivity index (χ1n) is 12.7. The minimum atomic E-state index is -0.153. The van der Waals surface area contributed by atoms with Crippen molar-refractivity contribution in [3.05, 3.63) is 107 Å². The zero-order valence-electron chi connectivity index (χ0n) is 21.6. The van der Waals surface area contributed by atoms with Crippen molar-refractivity contribution in [2.45, 2.75) is 33.2 Å². The third-order valence-electron chi connectivity index (χ3n) is 6.45. The number of aromatic nitrogens is 2. The van der Waals surface area contributed by atoms with Crippen molar-refractivity contribution in [1.82, 2.24) is 14.7 Å². The van der Waals surface area contributed by atoms with E-state index in [1.807, 2.05) is 104 Å². The van der Waals surface area contributed by atoms with E-state index in [1.54, 1.807) is 4.90 Å². The second-order valence-electron chi connectivity index (χ2n) is 9.18. The van der Waals surface area contributed by atoms with Crippen LogP contribution in [0, 0.1) is 6.92 Å². The van der Waals surface area contributed by atoms with Gasteiger partial charge in [0.2, 0.25) is 0 Å². The molecule has 4 aromatic rings. The van der Waals surface area contributed by atoms with Gasteiger partial charge in [-0.05, 0) is 67.8 Å². The van der Waals surface area contributed by atoms with Gasteiger partial charge in [0.25, 0.3) is 5.91 Å². The fourth-order valence-electron chi connectivity index (χ4n) is 4.44. The minimum Gasteiger partial charge on any atom is -0.493 e. The van der Waals surface area contributed by atoms with Crippen molar-refractivity contribution >= 4 is 40.3 Å². The van der Waals surface area contributed by atoms with E-state index < -0.39 is 0 Å². The molecular formula is C31H29N3O2S2. The second-order valence-corrected chi connectivity index (χ2v) is 10.9. The first kappa shape index (κ1) is 25.9. The van der Waals surface area contributed by atoms with Gasteiger partial charge in [0, 0.05) is 17.3 Å². The van der Waals surface area contributed by atoms with Crippen LogP contribution in [0.5, 0.6) is 5.75 Å². The van der Waals surface area contributed by atoms with Crippen LogP contribution in [0.1, 0.15) is 43.0 Å². The number of ether oxygens (including phenoxy) is 1. The lowest BCUT2D eigenvalue weighted by atomic mass is 10.0. The quantitative estimate of drug-likeness (QED) is 0.170. The van der Waals surface area contributed by atoms with Crippen LogP contribution in [0.2, 0.25) is 0 Å². The lowest BCUT2D eigenvalue weighted by molar-refractivity contribution is -0.123. The van der Waals surface area contributed by atoms with E-state index in [0.717, 1.165) is 45.8 Å². The maximum Gasteiger partial charge on any atom is 0.266 e. The monoisotopic (exact) mass is 539 g/mol. The molecule has 192 valence electrons. The fourth-order valence-corrected chi connectivity index (χ4v) is 5.85. The number of para-hydroxylation sites is 1. The summed E-state index contributed by atoms with van der Waals surface area (Å²) >= 11 is 6.99. The Morgan fingerprint density at radius 2 is 1.76 bits per heavy atom. The van der Waals surface area contributed by atoms with Gasteiger partial charge < -0.3 is 4.74 Å². The van der Waals surface area contributed by atoms with Gasteiger partial charge in [0.1, 0.15) is 15.8 Å². The van der Waals surface area contributed by atoms with E-state index in [-0.39, 0.29) is 11.9 Å². The molecule has 0 saturated carbocycles. The first-order chi connectivity index (χ1) is 18.5. The number of carbonyl (C=O) groups is 1. The predicted octanol–water partition coefficient (Wildman–Crippen LogP) is 7.60. The molecule has 0 aliphatic carbocycles. The summed E-state index contributed by atoms with van der Waals surface area (Å²) in [6, 6.07) is 25.9. The molecule has 5 rings (SSSR count). The van der Waals surface area contributed by atoms with Crippen LogP contribution in [0.4, 0.5) is 0 Å². The first-order valence-corrected chi connectivity index (χ1v) is 13.9. The van der Waals surface area contributed by atoms with Crippen molar-refractivity contribution in [3.63, 3.8) is 0 Å². The Balaban J connectivity index is 1.54. The fraction of sp³-hybridized carbons (Fsp3) is 0.194. The van der Waals surface area contributed by atoms with E-state index in [9.17, 15) is 4.79 Å². The number of amides is 1. The molecule has 5 nitrogen and oxygen atoms in total. The predicted molar refractivity (Wildman–Crippen MR) is 159 cm³/mol. The van der Waals surface area contributed by atoms with Crippen LogP contribution in [-0.2, 0) is 4.79 Å². The number of hydrogen-bond donors (Lipinski definition) is 0. The topological polar surface area (TPSA) is 47.4 Å². The highest BCUT2D eigenvalue weighted by molar-refractivity contribution is 8.26. The zero-order valence-corrected chi connectivity index (χ0v) is 23.3. The van der Waals surface area contributed by atoms with Gasteiger partial charge in [0.05, 0.1) is 23.2 Å². The molecule has 1 unspecified atom stereocenters. The summed E-state index contributed by atoms with van der Waals surface area (Å²) in [7, 11) is 0. The zero-order chi connectivity index (χ0) is 26.6. The van der Waals surface area contributed by atoms with Crippen LogP contribution in [-0.4, -0.2) is 31.5 Å². The van der Waals surface area contributed by atoms with Crippen molar-refractivity contribution < 1.29 is 9.53 Å². The average molecular weight is 540 g/mol. The van der Waals surface area contributed by atoms with E-state index >= 15 is 0 Å². The van der Waals surface area contributed by atoms with Gasteiger partial charge in [-0.1, -0.05) is 79.4 Å². The van der Waals surface area contributed by atoms with Gasteiger partial charge in [-0.2, -0.15) is 5.10 Å². The van der Waals surface area contributed by atoms with Gasteiger partial charge in [-0.3, -0.25) is 9.69 Å². The highest BCUT2D eigenvalue weighted by atomic mass is 32.2. The molecule has 38 heavy (non-hydrogen) atoms. The van der Waals surface area contributed by atoms with Crippen molar-refractivity contribution in [2.24, 2.45) is 0 Å². The normalized spacial score (nSPS) is 15.3. The van der Waals surface area contributed by atoms with Gasteiger partial charge in [-0.15, -0.1) is 0 Å². The van der Waals surface area contributed by atoms with E-state index in [4.69, 9.17) is 22.1 Å². The average Bonchev–Trinajstić information content (AvgIpc) is 3.48. The van der Waals surface area contributed by atoms with E-state index in [1.165, 1.54) is 11.8 Å². The van der Waals surface area contributed by atoms with Crippen LogP contribution in [0.15, 0.2) is 90.0 Å². The number of benzene rings is 3. The SMILES string of the molecule is CCCOc1ccc(-c2nn(-c3ccccc3)cc2/C=C2\SC(=S)N(C(C)c3ccccc3)C2=O)cc1C. The number of thiocarbonyl (C=S) groups is 1. The molecule has 1 atom stereocenters. The Morgan fingerprint density at radius 3 is 2.45 bits per heavy atom. The molecule has 1 aromatic heterocycles. The highest BCUT2D eigenvalue weighted by Crippen LogP contribution is 2.39. The second kappa shape index (κ2) is 11.4. The van der Waals surface area contributed by atoms with Crippen LogP contribution >= 0.6 is 24.0 Å². The largest absolute Gasteiger partial charge is 0.493 e. The molecule has 3 aromatic carbocycles. The lowest BCUT2D eigenvalue weighted by Crippen LogP contribution is -2.30. The molecule has 1 aliphatic rings. The van der Waals surface area contributed by atoms with E-state index in [0.29, 0.717) is 15.8 Å². The molecule has 1 fully saturated rings. The number of rotatable bonds is 8. The molecule has 1 aliphatic heterocycles.